The second-order valence-electron chi connectivity index (χ2n) is 7.74. The zero-order chi connectivity index (χ0) is 19.9. The number of carbonyl (C=O) groups is 1. The van der Waals surface area contributed by atoms with Gasteiger partial charge in [-0.15, -0.1) is 24.0 Å². The van der Waals surface area contributed by atoms with Gasteiger partial charge >= 0.3 is 0 Å². The number of nitrogens with one attached hydrogen (secondary N) is 2. The molecule has 0 aromatic carbocycles. The highest BCUT2D eigenvalue weighted by Gasteiger charge is 2.22. The number of guanidine groups is 1. The van der Waals surface area contributed by atoms with Gasteiger partial charge in [0.2, 0.25) is 5.91 Å². The number of unbranched alkanes of at least 4 members (excludes halogenated alkanes) is 1. The van der Waals surface area contributed by atoms with E-state index in [1.165, 1.54) is 0 Å². The number of rotatable bonds is 13. The van der Waals surface area contributed by atoms with Gasteiger partial charge in [0.1, 0.15) is 0 Å². The Bertz CT molecular complexity index is 427. The number of primary amides is 1. The summed E-state index contributed by atoms with van der Waals surface area (Å²) < 4.78 is 5.59. The molecule has 1 fully saturated rings. The molecule has 0 aromatic heterocycles. The van der Waals surface area contributed by atoms with Gasteiger partial charge < -0.3 is 26.0 Å². The first-order chi connectivity index (χ1) is 13.0. The molecule has 1 aliphatic rings. The van der Waals surface area contributed by atoms with Crippen molar-refractivity contribution in [3.8, 4) is 0 Å². The lowest BCUT2D eigenvalue weighted by molar-refractivity contribution is -0.123. The molecule has 0 aromatic rings. The summed E-state index contributed by atoms with van der Waals surface area (Å²) in [7, 11) is 0. The van der Waals surface area contributed by atoms with Gasteiger partial charge in [-0.2, -0.15) is 0 Å². The molecule has 0 unspecified atom stereocenters. The van der Waals surface area contributed by atoms with Crippen molar-refractivity contribution in [3.63, 3.8) is 0 Å². The van der Waals surface area contributed by atoms with E-state index in [0.717, 1.165) is 90.5 Å². The summed E-state index contributed by atoms with van der Waals surface area (Å²) in [6.45, 7) is 13.6. The molecular formula is C20H42IN5O2. The summed E-state index contributed by atoms with van der Waals surface area (Å²) in [5.41, 5.74) is 5.39. The van der Waals surface area contributed by atoms with E-state index in [-0.39, 0.29) is 35.8 Å². The molecule has 0 spiro atoms. The summed E-state index contributed by atoms with van der Waals surface area (Å²) in [6, 6.07) is 0. The smallest absolute Gasteiger partial charge is 0.220 e. The van der Waals surface area contributed by atoms with Gasteiger partial charge in [0.15, 0.2) is 5.96 Å². The number of halogens is 1. The van der Waals surface area contributed by atoms with Crippen molar-refractivity contribution in [2.24, 2.45) is 22.6 Å². The highest BCUT2D eigenvalue weighted by Crippen LogP contribution is 2.16. The number of likely N-dealkylation sites (tertiary alicyclic amines) is 1. The minimum Gasteiger partial charge on any atom is -0.381 e. The number of nitrogens with two attached hydrogens (primary N) is 1. The Hall–Kier alpha value is -0.610. The summed E-state index contributed by atoms with van der Waals surface area (Å²) in [5, 5.41) is 6.70. The molecule has 1 amide bonds. The van der Waals surface area contributed by atoms with Crippen LogP contribution in [-0.4, -0.2) is 69.2 Å². The lowest BCUT2D eigenvalue weighted by Crippen LogP contribution is -2.39. The van der Waals surface area contributed by atoms with Crippen molar-refractivity contribution in [2.75, 3.05) is 52.5 Å². The minimum absolute atomic E-state index is 0. The number of ether oxygens (including phenoxy) is 1. The SMILES string of the molecule is CCNC(=NCCCOCC(C)C)NCCCCN1CCC(C(N)=O)CC1.I. The van der Waals surface area contributed by atoms with E-state index < -0.39 is 0 Å². The van der Waals surface area contributed by atoms with E-state index in [0.29, 0.717) is 5.92 Å². The average Bonchev–Trinajstić information content (AvgIpc) is 2.64. The van der Waals surface area contributed by atoms with Crippen LogP contribution in [0.4, 0.5) is 0 Å². The highest BCUT2D eigenvalue weighted by atomic mass is 127. The summed E-state index contributed by atoms with van der Waals surface area (Å²) in [5.74, 6) is 1.42. The molecule has 4 N–H and O–H groups in total. The van der Waals surface area contributed by atoms with Crippen molar-refractivity contribution in [1.82, 2.24) is 15.5 Å². The third-order valence-corrected chi connectivity index (χ3v) is 4.70. The quantitative estimate of drug-likeness (QED) is 0.153. The first-order valence-corrected chi connectivity index (χ1v) is 10.6. The standard InChI is InChI=1S/C20H41N5O2.HI/c1-4-22-20(24-11-7-15-27-16-17(2)3)23-10-5-6-12-25-13-8-18(9-14-25)19(21)26;/h17-18H,4-16H2,1-3H3,(H2,21,26)(H2,22,23,24);1H. The van der Waals surface area contributed by atoms with Gasteiger partial charge in [-0.25, -0.2) is 0 Å². The van der Waals surface area contributed by atoms with E-state index in [1.54, 1.807) is 0 Å². The summed E-state index contributed by atoms with van der Waals surface area (Å²) >= 11 is 0. The molecule has 0 bridgehead atoms. The van der Waals surface area contributed by atoms with E-state index in [1.807, 2.05) is 0 Å². The molecular weight excluding hydrogens is 469 g/mol. The van der Waals surface area contributed by atoms with Gasteiger partial charge in [-0.05, 0) is 64.6 Å². The van der Waals surface area contributed by atoms with Crippen LogP contribution in [0.1, 0.15) is 52.9 Å². The Morgan fingerprint density at radius 1 is 1.21 bits per heavy atom. The summed E-state index contributed by atoms with van der Waals surface area (Å²) in [6.07, 6.45) is 5.02. The fourth-order valence-electron chi connectivity index (χ4n) is 3.13. The number of nitrogens with zero attached hydrogens (tertiary/aromatic N) is 2. The third-order valence-electron chi connectivity index (χ3n) is 4.70. The van der Waals surface area contributed by atoms with Crippen LogP contribution < -0.4 is 16.4 Å². The Labute approximate surface area is 188 Å². The van der Waals surface area contributed by atoms with Crippen LogP contribution in [0.15, 0.2) is 4.99 Å². The molecule has 0 aliphatic carbocycles. The Balaban J connectivity index is 0.00000729. The number of piperidine rings is 1. The fourth-order valence-corrected chi connectivity index (χ4v) is 3.13. The van der Waals surface area contributed by atoms with Crippen LogP contribution >= 0.6 is 24.0 Å². The monoisotopic (exact) mass is 511 g/mol. The van der Waals surface area contributed by atoms with Crippen LogP contribution in [0, 0.1) is 11.8 Å². The topological polar surface area (TPSA) is 92.0 Å². The van der Waals surface area contributed by atoms with E-state index >= 15 is 0 Å². The molecule has 1 heterocycles. The zero-order valence-electron chi connectivity index (χ0n) is 18.0. The Morgan fingerprint density at radius 3 is 2.54 bits per heavy atom. The van der Waals surface area contributed by atoms with Gasteiger partial charge in [0.05, 0.1) is 0 Å². The lowest BCUT2D eigenvalue weighted by Gasteiger charge is -2.30. The Kier molecular flexibility index (Phi) is 16.9. The van der Waals surface area contributed by atoms with Crippen LogP contribution in [0.2, 0.25) is 0 Å². The Morgan fingerprint density at radius 2 is 1.93 bits per heavy atom. The molecule has 0 atom stereocenters. The molecule has 8 heteroatoms. The highest BCUT2D eigenvalue weighted by molar-refractivity contribution is 14.0. The first-order valence-electron chi connectivity index (χ1n) is 10.6. The van der Waals surface area contributed by atoms with Crippen molar-refractivity contribution in [2.45, 2.75) is 52.9 Å². The van der Waals surface area contributed by atoms with Crippen molar-refractivity contribution >= 4 is 35.8 Å². The first kappa shape index (κ1) is 27.4. The lowest BCUT2D eigenvalue weighted by atomic mass is 9.96. The molecule has 28 heavy (non-hydrogen) atoms. The maximum Gasteiger partial charge on any atom is 0.220 e. The zero-order valence-corrected chi connectivity index (χ0v) is 20.4. The average molecular weight is 511 g/mol. The van der Waals surface area contributed by atoms with Gasteiger partial charge in [-0.1, -0.05) is 13.8 Å². The third kappa shape index (κ3) is 13.5. The largest absolute Gasteiger partial charge is 0.381 e. The number of amides is 1. The molecule has 1 rings (SSSR count). The second kappa shape index (κ2) is 17.3. The molecule has 7 nitrogen and oxygen atoms in total. The van der Waals surface area contributed by atoms with E-state index in [9.17, 15) is 4.79 Å². The van der Waals surface area contributed by atoms with Gasteiger partial charge in [0, 0.05) is 38.8 Å². The maximum absolute atomic E-state index is 11.2. The van der Waals surface area contributed by atoms with Crippen LogP contribution in [0.5, 0.6) is 0 Å². The number of carbonyl (C=O) groups excluding carboxylic acids is 1. The molecule has 0 saturated carbocycles. The van der Waals surface area contributed by atoms with Crippen LogP contribution in [0.25, 0.3) is 0 Å². The van der Waals surface area contributed by atoms with Crippen LogP contribution in [-0.2, 0) is 9.53 Å². The normalized spacial score (nSPS) is 16.1. The fraction of sp³-hybridized carbons (Fsp3) is 0.900. The molecule has 1 saturated heterocycles. The summed E-state index contributed by atoms with van der Waals surface area (Å²) in [4.78, 5) is 18.2. The van der Waals surface area contributed by atoms with Gasteiger partial charge in [-0.3, -0.25) is 9.79 Å². The molecule has 1 aliphatic heterocycles. The predicted octanol–water partition coefficient (Wildman–Crippen LogP) is 2.20. The number of hydrogen-bond acceptors (Lipinski definition) is 4. The maximum atomic E-state index is 11.2. The second-order valence-corrected chi connectivity index (χ2v) is 7.74. The molecule has 0 radical (unpaired) electrons. The van der Waals surface area contributed by atoms with Crippen molar-refractivity contribution in [3.05, 3.63) is 0 Å². The van der Waals surface area contributed by atoms with E-state index in [2.05, 4.69) is 41.3 Å². The van der Waals surface area contributed by atoms with Crippen molar-refractivity contribution < 1.29 is 9.53 Å². The van der Waals surface area contributed by atoms with E-state index in [4.69, 9.17) is 10.5 Å². The number of aliphatic imine (C=N–C) groups is 1. The minimum atomic E-state index is -0.138. The van der Waals surface area contributed by atoms with Gasteiger partial charge in [0.25, 0.3) is 0 Å². The van der Waals surface area contributed by atoms with Crippen LogP contribution in [0.3, 0.4) is 0 Å². The predicted molar refractivity (Wildman–Crippen MR) is 127 cm³/mol. The number of hydrogen-bond donors (Lipinski definition) is 3. The van der Waals surface area contributed by atoms with Crippen molar-refractivity contribution in [1.29, 1.82) is 0 Å². The molecule has 166 valence electrons.